The molecular formula is C15H14N4O3. The molecule has 0 atom stereocenters. The van der Waals surface area contributed by atoms with Crippen LogP contribution in [0.3, 0.4) is 0 Å². The number of rotatable bonds is 3. The average Bonchev–Trinajstić information content (AvgIpc) is 2.56. The lowest BCUT2D eigenvalue weighted by atomic mass is 10.1. The number of carbonyl (C=O) groups excluding carboxylic acids is 1. The van der Waals surface area contributed by atoms with Gasteiger partial charge in [-0.1, -0.05) is 0 Å². The average molecular weight is 298 g/mol. The minimum atomic E-state index is -0.369. The van der Waals surface area contributed by atoms with Crippen LogP contribution in [0.15, 0.2) is 29.5 Å². The van der Waals surface area contributed by atoms with Crippen molar-refractivity contribution >= 4 is 29.5 Å². The number of aryl methyl sites for hydroxylation is 1. The summed E-state index contributed by atoms with van der Waals surface area (Å²) in [4.78, 5) is 23.9. The van der Waals surface area contributed by atoms with Crippen molar-refractivity contribution in [3.05, 3.63) is 35.7 Å². The van der Waals surface area contributed by atoms with Crippen molar-refractivity contribution in [3.63, 3.8) is 0 Å². The van der Waals surface area contributed by atoms with E-state index in [1.165, 1.54) is 13.4 Å². The first kappa shape index (κ1) is 14.0. The van der Waals surface area contributed by atoms with Crippen LogP contribution < -0.4 is 10.1 Å². The van der Waals surface area contributed by atoms with Gasteiger partial charge in [0.15, 0.2) is 11.6 Å². The molecule has 1 N–H and O–H groups in total. The van der Waals surface area contributed by atoms with E-state index >= 15 is 0 Å². The van der Waals surface area contributed by atoms with Gasteiger partial charge in [0.2, 0.25) is 5.75 Å². The molecule has 0 saturated carbocycles. The number of carbonyl (C=O) groups is 1. The van der Waals surface area contributed by atoms with E-state index in [0.29, 0.717) is 29.6 Å². The topological polar surface area (TPSA) is 85.7 Å². The van der Waals surface area contributed by atoms with Gasteiger partial charge in [-0.25, -0.2) is 19.8 Å². The van der Waals surface area contributed by atoms with E-state index in [2.05, 4.69) is 20.3 Å². The predicted molar refractivity (Wildman–Crippen MR) is 81.5 cm³/mol. The Morgan fingerprint density at radius 1 is 1.36 bits per heavy atom. The van der Waals surface area contributed by atoms with Crippen molar-refractivity contribution in [2.24, 2.45) is 4.99 Å². The zero-order valence-corrected chi connectivity index (χ0v) is 12.2. The summed E-state index contributed by atoms with van der Waals surface area (Å²) in [5.41, 5.74) is 2.19. The van der Waals surface area contributed by atoms with Gasteiger partial charge >= 0.3 is 5.97 Å². The van der Waals surface area contributed by atoms with Gasteiger partial charge in [-0.05, 0) is 30.7 Å². The van der Waals surface area contributed by atoms with Crippen molar-refractivity contribution in [1.29, 1.82) is 0 Å². The maximum atomic E-state index is 11.5. The Hall–Kier alpha value is -2.96. The lowest BCUT2D eigenvalue weighted by molar-refractivity contribution is 0.0600. The summed E-state index contributed by atoms with van der Waals surface area (Å²) in [5, 5.41) is 3.18. The molecule has 7 nitrogen and oxygen atoms in total. The van der Waals surface area contributed by atoms with Crippen molar-refractivity contribution < 1.29 is 14.3 Å². The largest absolute Gasteiger partial charge is 0.481 e. The van der Waals surface area contributed by atoms with E-state index in [4.69, 9.17) is 9.47 Å². The fourth-order valence-electron chi connectivity index (χ4n) is 2.10. The number of hydrogen-bond acceptors (Lipinski definition) is 7. The second-order valence-corrected chi connectivity index (χ2v) is 4.64. The minimum Gasteiger partial charge on any atom is -0.481 e. The Morgan fingerprint density at radius 3 is 3.00 bits per heavy atom. The summed E-state index contributed by atoms with van der Waals surface area (Å²) in [5.74, 6) is 1.18. The zero-order valence-electron chi connectivity index (χ0n) is 12.2. The first-order valence-corrected chi connectivity index (χ1v) is 6.65. The summed E-state index contributed by atoms with van der Waals surface area (Å²) in [7, 11) is 1.36. The third-order valence-corrected chi connectivity index (χ3v) is 3.20. The lowest BCUT2D eigenvalue weighted by Gasteiger charge is -2.16. The van der Waals surface area contributed by atoms with E-state index < -0.39 is 0 Å². The smallest absolute Gasteiger partial charge is 0.337 e. The molecule has 0 unspecified atom stereocenters. The quantitative estimate of drug-likeness (QED) is 0.876. The molecule has 0 saturated heterocycles. The van der Waals surface area contributed by atoms with Crippen LogP contribution in [0, 0.1) is 6.92 Å². The SMILES string of the molecule is COC(=O)c1ccc(Nc2ncnc3c2OCC=N3)c(C)c1. The normalized spacial score (nSPS) is 12.3. The molecule has 0 radical (unpaired) electrons. The van der Waals surface area contributed by atoms with Crippen LogP contribution in [0.4, 0.5) is 17.3 Å². The fourth-order valence-corrected chi connectivity index (χ4v) is 2.10. The molecule has 0 amide bonds. The highest BCUT2D eigenvalue weighted by Crippen LogP contribution is 2.35. The number of nitrogens with one attached hydrogen (secondary N) is 1. The van der Waals surface area contributed by atoms with Crippen LogP contribution in [0.5, 0.6) is 5.75 Å². The number of fused-ring (bicyclic) bond motifs is 1. The molecule has 22 heavy (non-hydrogen) atoms. The molecule has 1 aliphatic rings. The Bertz CT molecular complexity index is 758. The molecule has 0 aliphatic carbocycles. The molecule has 1 aromatic carbocycles. The maximum absolute atomic E-state index is 11.5. The summed E-state index contributed by atoms with van der Waals surface area (Å²) in [6.07, 6.45) is 3.07. The van der Waals surface area contributed by atoms with Crippen LogP contribution in [0.1, 0.15) is 15.9 Å². The molecule has 0 spiro atoms. The van der Waals surface area contributed by atoms with Gasteiger partial charge in [0.1, 0.15) is 12.9 Å². The molecule has 1 aliphatic heterocycles. The predicted octanol–water partition coefficient (Wildman–Crippen LogP) is 2.41. The van der Waals surface area contributed by atoms with Gasteiger partial charge in [0, 0.05) is 11.9 Å². The molecule has 7 heteroatoms. The summed E-state index contributed by atoms with van der Waals surface area (Å²) in [6, 6.07) is 5.23. The second-order valence-electron chi connectivity index (χ2n) is 4.64. The van der Waals surface area contributed by atoms with E-state index in [0.717, 1.165) is 11.3 Å². The number of nitrogens with zero attached hydrogens (tertiary/aromatic N) is 3. The van der Waals surface area contributed by atoms with Crippen LogP contribution in [-0.2, 0) is 4.74 Å². The van der Waals surface area contributed by atoms with Crippen LogP contribution in [-0.4, -0.2) is 35.9 Å². The molecule has 3 rings (SSSR count). The lowest BCUT2D eigenvalue weighted by Crippen LogP contribution is -2.08. The van der Waals surface area contributed by atoms with E-state index in [-0.39, 0.29) is 5.97 Å². The van der Waals surface area contributed by atoms with E-state index in [1.807, 2.05) is 6.92 Å². The molecule has 2 heterocycles. The monoisotopic (exact) mass is 298 g/mol. The number of esters is 1. The van der Waals surface area contributed by atoms with Crippen LogP contribution >= 0.6 is 0 Å². The van der Waals surface area contributed by atoms with Crippen molar-refractivity contribution in [2.75, 3.05) is 19.0 Å². The highest BCUT2D eigenvalue weighted by atomic mass is 16.5. The van der Waals surface area contributed by atoms with Gasteiger partial charge in [-0.3, -0.25) is 0 Å². The second kappa shape index (κ2) is 5.80. The third kappa shape index (κ3) is 2.60. The number of ether oxygens (including phenoxy) is 2. The van der Waals surface area contributed by atoms with Crippen molar-refractivity contribution in [3.8, 4) is 5.75 Å². The van der Waals surface area contributed by atoms with E-state index in [9.17, 15) is 4.79 Å². The van der Waals surface area contributed by atoms with Crippen molar-refractivity contribution in [2.45, 2.75) is 6.92 Å². The number of aromatic nitrogens is 2. The summed E-state index contributed by atoms with van der Waals surface area (Å²) in [6.45, 7) is 2.27. The number of aliphatic imine (C=N–C) groups is 1. The Labute approximate surface area is 127 Å². The molecule has 0 bridgehead atoms. The van der Waals surface area contributed by atoms with Crippen molar-refractivity contribution in [1.82, 2.24) is 9.97 Å². The van der Waals surface area contributed by atoms with Gasteiger partial charge in [-0.15, -0.1) is 0 Å². The fraction of sp³-hybridized carbons (Fsp3) is 0.200. The molecular weight excluding hydrogens is 284 g/mol. The highest BCUT2D eigenvalue weighted by molar-refractivity contribution is 5.90. The molecule has 0 fully saturated rings. The van der Waals surface area contributed by atoms with Gasteiger partial charge in [0.25, 0.3) is 0 Å². The zero-order chi connectivity index (χ0) is 15.5. The first-order chi connectivity index (χ1) is 10.7. The highest BCUT2D eigenvalue weighted by Gasteiger charge is 2.16. The minimum absolute atomic E-state index is 0.369. The van der Waals surface area contributed by atoms with Gasteiger partial charge < -0.3 is 14.8 Å². The van der Waals surface area contributed by atoms with Crippen LogP contribution in [0.2, 0.25) is 0 Å². The number of methoxy groups -OCH3 is 1. The Morgan fingerprint density at radius 2 is 2.23 bits per heavy atom. The number of benzene rings is 1. The Balaban J connectivity index is 1.91. The molecule has 112 valence electrons. The first-order valence-electron chi connectivity index (χ1n) is 6.65. The van der Waals surface area contributed by atoms with E-state index in [1.54, 1.807) is 24.4 Å². The molecule has 1 aromatic heterocycles. The number of hydrogen-bond donors (Lipinski definition) is 1. The standard InChI is InChI=1S/C15H14N4O3/c1-9-7-10(15(20)21-2)3-4-11(9)19-14-12-13(17-8-18-14)16-5-6-22-12/h3-5,7-8H,6H2,1-2H3,(H,17,18,19). The van der Waals surface area contributed by atoms with Gasteiger partial charge in [-0.2, -0.15) is 0 Å². The summed E-state index contributed by atoms with van der Waals surface area (Å²) < 4.78 is 10.2. The van der Waals surface area contributed by atoms with Crippen LogP contribution in [0.25, 0.3) is 0 Å². The maximum Gasteiger partial charge on any atom is 0.337 e. The molecule has 2 aromatic rings. The van der Waals surface area contributed by atoms with Gasteiger partial charge in [0.05, 0.1) is 12.7 Å². The number of anilines is 2. The summed E-state index contributed by atoms with van der Waals surface area (Å²) >= 11 is 0. The Kier molecular flexibility index (Phi) is 3.69. The third-order valence-electron chi connectivity index (χ3n) is 3.20.